The number of aliphatic carboxylic acids is 1. The molecule has 1 aromatic rings. The fraction of sp³-hybridized carbons (Fsp3) is 0.333. The van der Waals surface area contributed by atoms with Crippen LogP contribution in [0.25, 0.3) is 0 Å². The molecule has 0 fully saturated rings. The Bertz CT molecular complexity index is 467. The number of amides is 1. The number of carboxylic acid groups (broad SMARTS) is 1. The molecule has 1 rings (SSSR count). The summed E-state index contributed by atoms with van der Waals surface area (Å²) in [5, 5.41) is 21.8. The molecule has 0 spiro atoms. The van der Waals surface area contributed by atoms with Crippen LogP contribution in [0.15, 0.2) is 24.3 Å². The van der Waals surface area contributed by atoms with E-state index in [1.807, 2.05) is 0 Å². The molecule has 0 bridgehead atoms. The molecule has 1 atom stereocenters. The number of carbonyl (C=O) groups excluding carboxylic acids is 1. The van der Waals surface area contributed by atoms with E-state index in [4.69, 9.17) is 5.11 Å². The second-order valence-corrected chi connectivity index (χ2v) is 4.12. The van der Waals surface area contributed by atoms with Gasteiger partial charge in [0, 0.05) is 25.1 Å². The Morgan fingerprint density at radius 2 is 1.95 bits per heavy atom. The summed E-state index contributed by atoms with van der Waals surface area (Å²) < 4.78 is 0. The molecule has 0 aliphatic rings. The smallest absolute Gasteiger partial charge is 0.305 e. The molecule has 7 heteroatoms. The van der Waals surface area contributed by atoms with Crippen LogP contribution in [-0.4, -0.2) is 27.9 Å². The fourth-order valence-electron chi connectivity index (χ4n) is 1.71. The molecule has 19 heavy (non-hydrogen) atoms. The van der Waals surface area contributed by atoms with Gasteiger partial charge in [0.05, 0.1) is 11.3 Å². The average Bonchev–Trinajstić information content (AvgIpc) is 2.27. The van der Waals surface area contributed by atoms with Gasteiger partial charge in [-0.25, -0.2) is 0 Å². The second-order valence-electron chi connectivity index (χ2n) is 4.12. The van der Waals surface area contributed by atoms with Crippen LogP contribution in [0.1, 0.15) is 18.9 Å². The summed E-state index contributed by atoms with van der Waals surface area (Å²) in [5.74, 6) is -1.33. The summed E-state index contributed by atoms with van der Waals surface area (Å²) in [6.45, 7) is 1.31. The average molecular weight is 266 g/mol. The van der Waals surface area contributed by atoms with Gasteiger partial charge < -0.3 is 10.4 Å². The number of carboxylic acids is 1. The maximum Gasteiger partial charge on any atom is 0.305 e. The molecule has 2 N–H and O–H groups in total. The van der Waals surface area contributed by atoms with Gasteiger partial charge in [0.1, 0.15) is 0 Å². The van der Waals surface area contributed by atoms with Crippen LogP contribution in [0, 0.1) is 10.1 Å². The normalized spacial score (nSPS) is 11.6. The Labute approximate surface area is 109 Å². The van der Waals surface area contributed by atoms with Crippen LogP contribution in [0.4, 0.5) is 5.69 Å². The molecule has 102 valence electrons. The number of nitro groups is 1. The first-order valence-electron chi connectivity index (χ1n) is 5.60. The third-order valence-electron chi connectivity index (χ3n) is 2.46. The number of nitro benzene ring substituents is 1. The van der Waals surface area contributed by atoms with Crippen LogP contribution in [0.2, 0.25) is 0 Å². The van der Waals surface area contributed by atoms with Crippen LogP contribution < -0.4 is 5.32 Å². The van der Waals surface area contributed by atoms with Gasteiger partial charge in [0.25, 0.3) is 5.69 Å². The highest BCUT2D eigenvalue weighted by Gasteiger charge is 2.15. The van der Waals surface area contributed by atoms with Crippen LogP contribution >= 0.6 is 0 Å². The molecule has 0 aromatic heterocycles. The van der Waals surface area contributed by atoms with Crippen molar-refractivity contribution < 1.29 is 19.6 Å². The van der Waals surface area contributed by atoms with Crippen molar-refractivity contribution in [2.45, 2.75) is 25.8 Å². The molecule has 0 radical (unpaired) electrons. The molecule has 7 nitrogen and oxygen atoms in total. The Kier molecular flexibility index (Phi) is 4.99. The standard InChI is InChI=1S/C12H14N2O5/c1-8(15)13-10(7-12(16)17)6-9-2-4-11(5-3-9)14(18)19/h2-5,10H,6-7H2,1H3,(H,13,15)(H,16,17)/t10-/m0/s1. The van der Waals surface area contributed by atoms with Crippen LogP contribution in [0.3, 0.4) is 0 Å². The van der Waals surface area contributed by atoms with Crippen molar-refractivity contribution in [2.75, 3.05) is 0 Å². The summed E-state index contributed by atoms with van der Waals surface area (Å²) in [6, 6.07) is 5.27. The number of rotatable bonds is 6. The van der Waals surface area contributed by atoms with E-state index in [9.17, 15) is 19.7 Å². The highest BCUT2D eigenvalue weighted by atomic mass is 16.6. The molecule has 1 aromatic carbocycles. The Morgan fingerprint density at radius 1 is 1.37 bits per heavy atom. The van der Waals surface area contributed by atoms with Gasteiger partial charge in [-0.1, -0.05) is 12.1 Å². The maximum absolute atomic E-state index is 11.0. The molecule has 0 aliphatic carbocycles. The minimum atomic E-state index is -1.01. The van der Waals surface area contributed by atoms with Gasteiger partial charge in [-0.05, 0) is 12.0 Å². The summed E-state index contributed by atoms with van der Waals surface area (Å²) in [5.41, 5.74) is 0.698. The van der Waals surface area contributed by atoms with Crippen molar-refractivity contribution in [1.29, 1.82) is 0 Å². The zero-order valence-corrected chi connectivity index (χ0v) is 10.3. The Morgan fingerprint density at radius 3 is 2.37 bits per heavy atom. The molecule has 0 saturated carbocycles. The lowest BCUT2D eigenvalue weighted by Crippen LogP contribution is -2.36. The molecule has 0 unspecified atom stereocenters. The number of nitrogens with one attached hydrogen (secondary N) is 1. The van der Waals surface area contributed by atoms with E-state index >= 15 is 0 Å². The van der Waals surface area contributed by atoms with E-state index in [0.717, 1.165) is 5.56 Å². The predicted octanol–water partition coefficient (Wildman–Crippen LogP) is 1.12. The first-order chi connectivity index (χ1) is 8.88. The number of benzene rings is 1. The number of non-ortho nitro benzene ring substituents is 1. The number of nitrogens with zero attached hydrogens (tertiary/aromatic N) is 1. The first kappa shape index (κ1) is 14.6. The lowest BCUT2D eigenvalue weighted by Gasteiger charge is -2.15. The van der Waals surface area contributed by atoms with Gasteiger partial charge in [0.15, 0.2) is 0 Å². The topological polar surface area (TPSA) is 110 Å². The molecular weight excluding hydrogens is 252 g/mol. The summed E-state index contributed by atoms with van der Waals surface area (Å²) in [7, 11) is 0. The highest BCUT2D eigenvalue weighted by molar-refractivity contribution is 5.75. The van der Waals surface area contributed by atoms with E-state index < -0.39 is 16.9 Å². The maximum atomic E-state index is 11.0. The summed E-state index contributed by atoms with van der Waals surface area (Å²) in [4.78, 5) is 31.6. The minimum Gasteiger partial charge on any atom is -0.481 e. The summed E-state index contributed by atoms with van der Waals surface area (Å²) >= 11 is 0. The Balaban J connectivity index is 2.74. The van der Waals surface area contributed by atoms with Gasteiger partial charge in [0.2, 0.25) is 5.91 Å². The van der Waals surface area contributed by atoms with Crippen LogP contribution in [0.5, 0.6) is 0 Å². The highest BCUT2D eigenvalue weighted by Crippen LogP contribution is 2.14. The summed E-state index contributed by atoms with van der Waals surface area (Å²) in [6.07, 6.45) is 0.112. The van der Waals surface area contributed by atoms with Crippen molar-refractivity contribution in [2.24, 2.45) is 0 Å². The van der Waals surface area contributed by atoms with Gasteiger partial charge in [-0.15, -0.1) is 0 Å². The lowest BCUT2D eigenvalue weighted by molar-refractivity contribution is -0.384. The van der Waals surface area contributed by atoms with Crippen molar-refractivity contribution >= 4 is 17.6 Å². The van der Waals surface area contributed by atoms with Crippen molar-refractivity contribution in [3.8, 4) is 0 Å². The predicted molar refractivity (Wildman–Crippen MR) is 66.7 cm³/mol. The molecular formula is C12H14N2O5. The molecule has 0 aliphatic heterocycles. The van der Waals surface area contributed by atoms with E-state index in [2.05, 4.69) is 5.32 Å². The number of carbonyl (C=O) groups is 2. The van der Waals surface area contributed by atoms with Gasteiger partial charge >= 0.3 is 5.97 Å². The fourth-order valence-corrected chi connectivity index (χ4v) is 1.71. The Hall–Kier alpha value is -2.44. The van der Waals surface area contributed by atoms with Gasteiger partial charge in [-0.3, -0.25) is 19.7 Å². The van der Waals surface area contributed by atoms with E-state index in [-0.39, 0.29) is 18.0 Å². The van der Waals surface area contributed by atoms with Crippen molar-refractivity contribution in [1.82, 2.24) is 5.32 Å². The third kappa shape index (κ3) is 5.15. The third-order valence-corrected chi connectivity index (χ3v) is 2.46. The SMILES string of the molecule is CC(=O)N[C@H](CC(=O)O)Cc1ccc([N+](=O)[O-])cc1. The van der Waals surface area contributed by atoms with Crippen LogP contribution in [-0.2, 0) is 16.0 Å². The van der Waals surface area contributed by atoms with Crippen molar-refractivity contribution in [3.63, 3.8) is 0 Å². The molecule has 0 saturated heterocycles. The van der Waals surface area contributed by atoms with E-state index in [0.29, 0.717) is 6.42 Å². The second kappa shape index (κ2) is 6.48. The van der Waals surface area contributed by atoms with Gasteiger partial charge in [-0.2, -0.15) is 0 Å². The quantitative estimate of drug-likeness (QED) is 0.592. The van der Waals surface area contributed by atoms with Crippen molar-refractivity contribution in [3.05, 3.63) is 39.9 Å². The van der Waals surface area contributed by atoms with E-state index in [1.54, 1.807) is 12.1 Å². The first-order valence-corrected chi connectivity index (χ1v) is 5.60. The lowest BCUT2D eigenvalue weighted by atomic mass is 10.0. The molecule has 0 heterocycles. The number of hydrogen-bond donors (Lipinski definition) is 2. The molecule has 1 amide bonds. The van der Waals surface area contributed by atoms with E-state index in [1.165, 1.54) is 19.1 Å². The minimum absolute atomic E-state index is 0.0296. The largest absolute Gasteiger partial charge is 0.481 e. The zero-order valence-electron chi connectivity index (χ0n) is 10.3. The number of hydrogen-bond acceptors (Lipinski definition) is 4. The zero-order chi connectivity index (χ0) is 14.4. The monoisotopic (exact) mass is 266 g/mol.